The van der Waals surface area contributed by atoms with E-state index in [2.05, 4.69) is 9.97 Å². The second kappa shape index (κ2) is 6.08. The standard InChI is InChI=1S/C14H13Cl3N2/c1-8(15)12-7-18-14(19-9(12)2)5-10-3-4-11(16)6-13(10)17/h3-4,6-8H,5H2,1-2H3. The van der Waals surface area contributed by atoms with Gasteiger partial charge in [-0.15, -0.1) is 11.6 Å². The number of aryl methyl sites for hydroxylation is 1. The Morgan fingerprint density at radius 1 is 1.26 bits per heavy atom. The summed E-state index contributed by atoms with van der Waals surface area (Å²) in [5, 5.41) is 1.16. The zero-order chi connectivity index (χ0) is 14.0. The van der Waals surface area contributed by atoms with E-state index in [0.717, 1.165) is 22.6 Å². The SMILES string of the molecule is Cc1nc(Cc2ccc(Cl)cc2Cl)ncc1C(C)Cl. The van der Waals surface area contributed by atoms with Gasteiger partial charge in [0.25, 0.3) is 0 Å². The van der Waals surface area contributed by atoms with Crippen molar-refractivity contribution in [2.24, 2.45) is 0 Å². The lowest BCUT2D eigenvalue weighted by Gasteiger charge is -2.09. The molecule has 5 heteroatoms. The van der Waals surface area contributed by atoms with Crippen LogP contribution in [0.3, 0.4) is 0 Å². The summed E-state index contributed by atoms with van der Waals surface area (Å²) in [6.07, 6.45) is 2.35. The van der Waals surface area contributed by atoms with Crippen LogP contribution in [-0.4, -0.2) is 9.97 Å². The molecule has 1 atom stereocenters. The van der Waals surface area contributed by atoms with E-state index in [9.17, 15) is 0 Å². The third-order valence-corrected chi connectivity index (χ3v) is 3.68. The third-order valence-electron chi connectivity index (χ3n) is 2.86. The molecule has 2 nitrogen and oxygen atoms in total. The van der Waals surface area contributed by atoms with Crippen LogP contribution in [-0.2, 0) is 6.42 Å². The van der Waals surface area contributed by atoms with Crippen LogP contribution in [0, 0.1) is 6.92 Å². The maximum atomic E-state index is 6.14. The molecule has 19 heavy (non-hydrogen) atoms. The van der Waals surface area contributed by atoms with Gasteiger partial charge < -0.3 is 0 Å². The van der Waals surface area contributed by atoms with Gasteiger partial charge in [-0.25, -0.2) is 9.97 Å². The van der Waals surface area contributed by atoms with E-state index in [0.29, 0.717) is 16.5 Å². The number of rotatable bonds is 3. The summed E-state index contributed by atoms with van der Waals surface area (Å²) in [7, 11) is 0. The molecule has 2 aromatic rings. The first-order valence-electron chi connectivity index (χ1n) is 5.88. The van der Waals surface area contributed by atoms with E-state index >= 15 is 0 Å². The second-order valence-electron chi connectivity index (χ2n) is 4.36. The Balaban J connectivity index is 2.26. The van der Waals surface area contributed by atoms with E-state index in [1.165, 1.54) is 0 Å². The van der Waals surface area contributed by atoms with Gasteiger partial charge in [-0.05, 0) is 31.5 Å². The molecule has 0 aliphatic carbocycles. The van der Waals surface area contributed by atoms with E-state index in [1.54, 1.807) is 12.3 Å². The summed E-state index contributed by atoms with van der Waals surface area (Å²) in [6.45, 7) is 3.84. The summed E-state index contributed by atoms with van der Waals surface area (Å²) in [5.74, 6) is 0.725. The number of aromatic nitrogens is 2. The fourth-order valence-electron chi connectivity index (χ4n) is 1.84. The third kappa shape index (κ3) is 3.59. The van der Waals surface area contributed by atoms with Crippen molar-refractivity contribution in [3.8, 4) is 0 Å². The molecular weight excluding hydrogens is 303 g/mol. The molecule has 1 aromatic carbocycles. The molecule has 0 N–H and O–H groups in total. The number of hydrogen-bond donors (Lipinski definition) is 0. The van der Waals surface area contributed by atoms with E-state index in [1.807, 2.05) is 26.0 Å². The molecule has 0 aliphatic heterocycles. The molecule has 0 radical (unpaired) electrons. The second-order valence-corrected chi connectivity index (χ2v) is 5.85. The van der Waals surface area contributed by atoms with Gasteiger partial charge in [-0.1, -0.05) is 29.3 Å². The van der Waals surface area contributed by atoms with Gasteiger partial charge in [-0.3, -0.25) is 0 Å². The molecule has 0 saturated carbocycles. The molecular formula is C14H13Cl3N2. The van der Waals surface area contributed by atoms with Crippen LogP contribution in [0.25, 0.3) is 0 Å². The molecule has 0 aliphatic rings. The minimum atomic E-state index is -0.0897. The highest BCUT2D eigenvalue weighted by Crippen LogP contribution is 2.24. The number of halogens is 3. The lowest BCUT2D eigenvalue weighted by atomic mass is 10.1. The van der Waals surface area contributed by atoms with Crippen molar-refractivity contribution in [2.45, 2.75) is 25.6 Å². The number of benzene rings is 1. The van der Waals surface area contributed by atoms with Crippen molar-refractivity contribution in [3.63, 3.8) is 0 Å². The molecule has 0 spiro atoms. The van der Waals surface area contributed by atoms with Gasteiger partial charge in [-0.2, -0.15) is 0 Å². The zero-order valence-electron chi connectivity index (χ0n) is 10.6. The van der Waals surface area contributed by atoms with Crippen LogP contribution in [0.5, 0.6) is 0 Å². The van der Waals surface area contributed by atoms with E-state index in [-0.39, 0.29) is 5.38 Å². The minimum Gasteiger partial charge on any atom is -0.241 e. The first-order chi connectivity index (χ1) is 8.97. The maximum Gasteiger partial charge on any atom is 0.132 e. The predicted molar refractivity (Wildman–Crippen MR) is 80.3 cm³/mol. The van der Waals surface area contributed by atoms with Crippen LogP contribution >= 0.6 is 34.8 Å². The number of nitrogens with zero attached hydrogens (tertiary/aromatic N) is 2. The first-order valence-corrected chi connectivity index (χ1v) is 7.07. The highest BCUT2D eigenvalue weighted by Gasteiger charge is 2.10. The predicted octanol–water partition coefficient (Wildman–Crippen LogP) is 4.98. The molecule has 1 heterocycles. The monoisotopic (exact) mass is 314 g/mol. The first kappa shape index (κ1) is 14.6. The number of hydrogen-bond acceptors (Lipinski definition) is 2. The Bertz CT molecular complexity index is 597. The van der Waals surface area contributed by atoms with Gasteiger partial charge >= 0.3 is 0 Å². The molecule has 0 saturated heterocycles. The lowest BCUT2D eigenvalue weighted by molar-refractivity contribution is 0.895. The van der Waals surface area contributed by atoms with Crippen molar-refractivity contribution in [3.05, 3.63) is 57.1 Å². The van der Waals surface area contributed by atoms with Crippen molar-refractivity contribution in [2.75, 3.05) is 0 Å². The van der Waals surface area contributed by atoms with Crippen molar-refractivity contribution < 1.29 is 0 Å². The van der Waals surface area contributed by atoms with E-state index in [4.69, 9.17) is 34.8 Å². The highest BCUT2D eigenvalue weighted by atomic mass is 35.5. The van der Waals surface area contributed by atoms with Crippen LogP contribution in [0.15, 0.2) is 24.4 Å². The van der Waals surface area contributed by atoms with Crippen molar-refractivity contribution in [1.82, 2.24) is 9.97 Å². The Morgan fingerprint density at radius 3 is 2.58 bits per heavy atom. The Labute approximate surface area is 127 Å². The summed E-state index contributed by atoms with van der Waals surface area (Å²) in [6, 6.07) is 5.42. The van der Waals surface area contributed by atoms with E-state index < -0.39 is 0 Å². The van der Waals surface area contributed by atoms with Gasteiger partial charge in [0.05, 0.1) is 5.38 Å². The Kier molecular flexibility index (Phi) is 4.67. The quantitative estimate of drug-likeness (QED) is 0.746. The lowest BCUT2D eigenvalue weighted by Crippen LogP contribution is -2.02. The van der Waals surface area contributed by atoms with Crippen LogP contribution < -0.4 is 0 Å². The maximum absolute atomic E-state index is 6.14. The summed E-state index contributed by atoms with van der Waals surface area (Å²) >= 11 is 18.1. The summed E-state index contributed by atoms with van der Waals surface area (Å²) in [4.78, 5) is 8.80. The smallest absolute Gasteiger partial charge is 0.132 e. The van der Waals surface area contributed by atoms with Gasteiger partial charge in [0.15, 0.2) is 0 Å². The molecule has 0 fully saturated rings. The largest absolute Gasteiger partial charge is 0.241 e. The fourth-order valence-corrected chi connectivity index (χ4v) is 2.53. The minimum absolute atomic E-state index is 0.0897. The van der Waals surface area contributed by atoms with Crippen LogP contribution in [0.2, 0.25) is 10.0 Å². The van der Waals surface area contributed by atoms with Crippen LogP contribution in [0.1, 0.15) is 34.9 Å². The Hall–Kier alpha value is -0.830. The topological polar surface area (TPSA) is 25.8 Å². The van der Waals surface area contributed by atoms with Gasteiger partial charge in [0.1, 0.15) is 5.82 Å². The number of alkyl halides is 1. The molecule has 2 rings (SSSR count). The molecule has 0 amide bonds. The summed E-state index contributed by atoms with van der Waals surface area (Å²) < 4.78 is 0. The van der Waals surface area contributed by atoms with Crippen molar-refractivity contribution >= 4 is 34.8 Å². The molecule has 1 unspecified atom stereocenters. The Morgan fingerprint density at radius 2 is 2.00 bits per heavy atom. The van der Waals surface area contributed by atoms with Crippen molar-refractivity contribution in [1.29, 1.82) is 0 Å². The molecule has 0 bridgehead atoms. The normalized spacial score (nSPS) is 12.5. The molecule has 100 valence electrons. The molecule has 1 aromatic heterocycles. The zero-order valence-corrected chi connectivity index (χ0v) is 12.9. The highest BCUT2D eigenvalue weighted by molar-refractivity contribution is 6.35. The van der Waals surface area contributed by atoms with Gasteiger partial charge in [0.2, 0.25) is 0 Å². The average Bonchev–Trinajstić information content (AvgIpc) is 2.32. The summed E-state index contributed by atoms with van der Waals surface area (Å²) in [5.41, 5.74) is 2.81. The van der Waals surface area contributed by atoms with Gasteiger partial charge in [0, 0.05) is 33.9 Å². The fraction of sp³-hybridized carbons (Fsp3) is 0.286. The average molecular weight is 316 g/mol. The van der Waals surface area contributed by atoms with Crippen LogP contribution in [0.4, 0.5) is 0 Å².